The summed E-state index contributed by atoms with van der Waals surface area (Å²) in [6.45, 7) is 0.136. The topological polar surface area (TPSA) is 82.5 Å². The number of carbonyl (C=O) groups excluding carboxylic acids is 1. The molecule has 20 heavy (non-hydrogen) atoms. The average molecular weight is 277 g/mol. The number of amides is 2. The van der Waals surface area contributed by atoms with Crippen molar-refractivity contribution in [2.75, 3.05) is 6.54 Å². The SMILES string of the molecule is O=C(O)CN(C(=O)NCc1ccncc1)C1CCCC1. The number of rotatable bonds is 5. The maximum atomic E-state index is 12.2. The van der Waals surface area contributed by atoms with Crippen LogP contribution in [0.2, 0.25) is 0 Å². The maximum Gasteiger partial charge on any atom is 0.323 e. The summed E-state index contributed by atoms with van der Waals surface area (Å²) < 4.78 is 0. The van der Waals surface area contributed by atoms with Crippen LogP contribution in [-0.2, 0) is 11.3 Å². The van der Waals surface area contributed by atoms with Crippen molar-refractivity contribution in [3.63, 3.8) is 0 Å². The van der Waals surface area contributed by atoms with Gasteiger partial charge in [-0.1, -0.05) is 12.8 Å². The van der Waals surface area contributed by atoms with E-state index in [1.807, 2.05) is 12.1 Å². The smallest absolute Gasteiger partial charge is 0.323 e. The van der Waals surface area contributed by atoms with Crippen molar-refractivity contribution in [3.8, 4) is 0 Å². The minimum atomic E-state index is -0.976. The summed E-state index contributed by atoms with van der Waals surface area (Å²) in [5, 5.41) is 11.7. The second-order valence-corrected chi connectivity index (χ2v) is 4.97. The van der Waals surface area contributed by atoms with E-state index in [0.717, 1.165) is 31.2 Å². The molecular weight excluding hydrogens is 258 g/mol. The molecule has 1 heterocycles. The minimum Gasteiger partial charge on any atom is -0.480 e. The van der Waals surface area contributed by atoms with Gasteiger partial charge in [-0.25, -0.2) is 4.79 Å². The van der Waals surface area contributed by atoms with Crippen LogP contribution in [0.15, 0.2) is 24.5 Å². The molecule has 6 nitrogen and oxygen atoms in total. The third kappa shape index (κ3) is 3.94. The molecule has 1 aliphatic carbocycles. The highest BCUT2D eigenvalue weighted by Gasteiger charge is 2.28. The van der Waals surface area contributed by atoms with Crippen molar-refractivity contribution < 1.29 is 14.7 Å². The van der Waals surface area contributed by atoms with Gasteiger partial charge in [0.1, 0.15) is 6.54 Å². The molecule has 108 valence electrons. The van der Waals surface area contributed by atoms with Crippen LogP contribution in [0.3, 0.4) is 0 Å². The van der Waals surface area contributed by atoms with Crippen molar-refractivity contribution >= 4 is 12.0 Å². The van der Waals surface area contributed by atoms with Gasteiger partial charge in [-0.05, 0) is 30.5 Å². The molecule has 0 atom stereocenters. The molecule has 1 saturated carbocycles. The first-order valence-electron chi connectivity index (χ1n) is 6.82. The Labute approximate surface area is 117 Å². The van der Waals surface area contributed by atoms with Gasteiger partial charge in [0, 0.05) is 25.0 Å². The second kappa shape index (κ2) is 6.88. The Balaban J connectivity index is 1.93. The summed E-state index contributed by atoms with van der Waals surface area (Å²) in [6.07, 6.45) is 7.20. The number of urea groups is 1. The molecule has 2 rings (SSSR count). The van der Waals surface area contributed by atoms with Gasteiger partial charge in [-0.3, -0.25) is 9.78 Å². The van der Waals surface area contributed by atoms with E-state index in [4.69, 9.17) is 5.11 Å². The van der Waals surface area contributed by atoms with Crippen LogP contribution >= 0.6 is 0 Å². The quantitative estimate of drug-likeness (QED) is 0.856. The Morgan fingerprint density at radius 3 is 2.55 bits per heavy atom. The molecule has 1 fully saturated rings. The first-order chi connectivity index (χ1) is 9.66. The fourth-order valence-corrected chi connectivity index (χ4v) is 2.51. The van der Waals surface area contributed by atoms with Gasteiger partial charge in [0.15, 0.2) is 0 Å². The highest BCUT2D eigenvalue weighted by molar-refractivity contribution is 5.80. The number of aliphatic carboxylic acids is 1. The fraction of sp³-hybridized carbons (Fsp3) is 0.500. The zero-order valence-electron chi connectivity index (χ0n) is 11.3. The Morgan fingerprint density at radius 1 is 1.30 bits per heavy atom. The zero-order valence-corrected chi connectivity index (χ0v) is 11.3. The van der Waals surface area contributed by atoms with E-state index in [0.29, 0.717) is 6.54 Å². The van der Waals surface area contributed by atoms with Crippen LogP contribution in [0.25, 0.3) is 0 Å². The lowest BCUT2D eigenvalue weighted by atomic mass is 10.2. The largest absolute Gasteiger partial charge is 0.480 e. The van der Waals surface area contributed by atoms with Gasteiger partial charge in [0.2, 0.25) is 0 Å². The average Bonchev–Trinajstić information content (AvgIpc) is 2.97. The van der Waals surface area contributed by atoms with Gasteiger partial charge in [-0.15, -0.1) is 0 Å². The van der Waals surface area contributed by atoms with Gasteiger partial charge in [0.25, 0.3) is 0 Å². The van der Waals surface area contributed by atoms with Gasteiger partial charge in [0.05, 0.1) is 0 Å². The predicted molar refractivity (Wildman–Crippen MR) is 73.1 cm³/mol. The van der Waals surface area contributed by atoms with E-state index in [2.05, 4.69) is 10.3 Å². The molecule has 1 aromatic rings. The Hall–Kier alpha value is -2.11. The number of hydrogen-bond donors (Lipinski definition) is 2. The van der Waals surface area contributed by atoms with E-state index in [1.165, 1.54) is 4.90 Å². The minimum absolute atomic E-state index is 0.0449. The summed E-state index contributed by atoms with van der Waals surface area (Å²) in [6, 6.07) is 3.37. The number of hydrogen-bond acceptors (Lipinski definition) is 3. The van der Waals surface area contributed by atoms with E-state index in [9.17, 15) is 9.59 Å². The van der Waals surface area contributed by atoms with E-state index in [-0.39, 0.29) is 18.6 Å². The number of nitrogens with one attached hydrogen (secondary N) is 1. The molecular formula is C14H19N3O3. The first-order valence-corrected chi connectivity index (χ1v) is 6.82. The second-order valence-electron chi connectivity index (χ2n) is 4.97. The Kier molecular flexibility index (Phi) is 4.92. The lowest BCUT2D eigenvalue weighted by molar-refractivity contribution is -0.138. The molecule has 1 aromatic heterocycles. The van der Waals surface area contributed by atoms with Crippen LogP contribution in [0.5, 0.6) is 0 Å². The Morgan fingerprint density at radius 2 is 1.95 bits per heavy atom. The normalized spacial score (nSPS) is 15.0. The maximum absolute atomic E-state index is 12.2. The number of carbonyl (C=O) groups is 2. The Bertz CT molecular complexity index is 458. The number of carboxylic acids is 1. The monoisotopic (exact) mass is 277 g/mol. The molecule has 2 amide bonds. The van der Waals surface area contributed by atoms with Gasteiger partial charge >= 0.3 is 12.0 Å². The molecule has 0 aromatic carbocycles. The predicted octanol–water partition coefficient (Wildman–Crippen LogP) is 1.62. The van der Waals surface area contributed by atoms with Gasteiger partial charge in [-0.2, -0.15) is 0 Å². The molecule has 0 bridgehead atoms. The summed E-state index contributed by atoms with van der Waals surface area (Å²) in [4.78, 5) is 28.4. The van der Waals surface area contributed by atoms with Crippen LogP contribution in [0, 0.1) is 0 Å². The number of carboxylic acid groups (broad SMARTS) is 1. The summed E-state index contributed by atoms with van der Waals surface area (Å²) in [7, 11) is 0. The fourth-order valence-electron chi connectivity index (χ4n) is 2.51. The molecule has 0 saturated heterocycles. The van der Waals surface area contributed by atoms with Crippen molar-refractivity contribution in [3.05, 3.63) is 30.1 Å². The molecule has 0 radical (unpaired) electrons. The number of pyridine rings is 1. The van der Waals surface area contributed by atoms with Gasteiger partial charge < -0.3 is 15.3 Å². The van der Waals surface area contributed by atoms with E-state index < -0.39 is 5.97 Å². The molecule has 0 aliphatic heterocycles. The van der Waals surface area contributed by atoms with E-state index in [1.54, 1.807) is 12.4 Å². The molecule has 0 spiro atoms. The summed E-state index contributed by atoms with van der Waals surface area (Å²) in [5.74, 6) is -0.976. The summed E-state index contributed by atoms with van der Waals surface area (Å²) >= 11 is 0. The molecule has 0 unspecified atom stereocenters. The van der Waals surface area contributed by atoms with Crippen LogP contribution in [-0.4, -0.2) is 39.6 Å². The van der Waals surface area contributed by atoms with Crippen molar-refractivity contribution in [1.82, 2.24) is 15.2 Å². The first kappa shape index (κ1) is 14.3. The highest BCUT2D eigenvalue weighted by Crippen LogP contribution is 2.23. The lowest BCUT2D eigenvalue weighted by Gasteiger charge is -2.27. The number of nitrogens with zero attached hydrogens (tertiary/aromatic N) is 2. The third-order valence-electron chi connectivity index (χ3n) is 3.53. The van der Waals surface area contributed by atoms with E-state index >= 15 is 0 Å². The highest BCUT2D eigenvalue weighted by atomic mass is 16.4. The molecule has 2 N–H and O–H groups in total. The van der Waals surface area contributed by atoms with Crippen LogP contribution in [0.1, 0.15) is 31.2 Å². The van der Waals surface area contributed by atoms with Crippen molar-refractivity contribution in [1.29, 1.82) is 0 Å². The zero-order chi connectivity index (χ0) is 14.4. The lowest BCUT2D eigenvalue weighted by Crippen LogP contribution is -2.47. The molecule has 6 heteroatoms. The third-order valence-corrected chi connectivity index (χ3v) is 3.53. The van der Waals surface area contributed by atoms with Crippen LogP contribution in [0.4, 0.5) is 4.79 Å². The standard InChI is InChI=1S/C14H19N3O3/c18-13(19)10-17(12-3-1-2-4-12)14(20)16-9-11-5-7-15-8-6-11/h5-8,12H,1-4,9-10H2,(H,16,20)(H,18,19). The van der Waals surface area contributed by atoms with Crippen molar-refractivity contribution in [2.45, 2.75) is 38.3 Å². The number of aromatic nitrogens is 1. The molecule has 1 aliphatic rings. The van der Waals surface area contributed by atoms with Crippen LogP contribution < -0.4 is 5.32 Å². The summed E-state index contributed by atoms with van der Waals surface area (Å²) in [5.41, 5.74) is 0.940. The van der Waals surface area contributed by atoms with Crippen molar-refractivity contribution in [2.24, 2.45) is 0 Å².